The van der Waals surface area contributed by atoms with Gasteiger partial charge in [-0.05, 0) is 23.3 Å². The minimum absolute atomic E-state index is 0.0514. The monoisotopic (exact) mass is 372 g/mol. The molecule has 2 aromatic carbocycles. The number of carbonyl (C=O) groups excluding carboxylic acids is 2. The van der Waals surface area contributed by atoms with Crippen LogP contribution in [0.4, 0.5) is 0 Å². The van der Waals surface area contributed by atoms with Crippen molar-refractivity contribution < 1.29 is 9.59 Å². The Labute approximate surface area is 160 Å². The Bertz CT molecular complexity index is 729. The molecule has 2 rings (SSSR count). The van der Waals surface area contributed by atoms with Crippen molar-refractivity contribution in [3.63, 3.8) is 0 Å². The lowest BCUT2D eigenvalue weighted by atomic mass is 10.0. The van der Waals surface area contributed by atoms with E-state index >= 15 is 0 Å². The third-order valence-electron chi connectivity index (χ3n) is 4.24. The van der Waals surface area contributed by atoms with Crippen molar-refractivity contribution in [2.45, 2.75) is 32.9 Å². The SMILES string of the molecule is CNC(=O)[C@H](Cc1ccccc1)N(Cc1ccc(Cl)cc1)C(=O)C(C)C. The van der Waals surface area contributed by atoms with Crippen molar-refractivity contribution in [2.75, 3.05) is 7.05 Å². The van der Waals surface area contributed by atoms with Gasteiger partial charge in [0.15, 0.2) is 0 Å². The molecule has 0 saturated heterocycles. The lowest BCUT2D eigenvalue weighted by molar-refractivity contribution is -0.143. The highest BCUT2D eigenvalue weighted by Crippen LogP contribution is 2.18. The molecule has 5 heteroatoms. The van der Waals surface area contributed by atoms with Crippen LogP contribution in [0.1, 0.15) is 25.0 Å². The van der Waals surface area contributed by atoms with Gasteiger partial charge in [-0.15, -0.1) is 0 Å². The van der Waals surface area contributed by atoms with Crippen LogP contribution >= 0.6 is 11.6 Å². The van der Waals surface area contributed by atoms with E-state index in [4.69, 9.17) is 11.6 Å². The highest BCUT2D eigenvalue weighted by molar-refractivity contribution is 6.30. The molecule has 0 fully saturated rings. The number of carbonyl (C=O) groups is 2. The smallest absolute Gasteiger partial charge is 0.242 e. The van der Waals surface area contributed by atoms with Crippen molar-refractivity contribution in [3.8, 4) is 0 Å². The third-order valence-corrected chi connectivity index (χ3v) is 4.49. The van der Waals surface area contributed by atoms with Crippen LogP contribution in [0.2, 0.25) is 5.02 Å². The third kappa shape index (κ3) is 5.33. The first kappa shape index (κ1) is 20.0. The quantitative estimate of drug-likeness (QED) is 0.805. The molecule has 2 amide bonds. The first-order chi connectivity index (χ1) is 12.4. The zero-order chi connectivity index (χ0) is 19.1. The van der Waals surface area contributed by atoms with E-state index in [1.165, 1.54) is 0 Å². The van der Waals surface area contributed by atoms with Crippen molar-refractivity contribution >= 4 is 23.4 Å². The molecule has 0 saturated carbocycles. The predicted molar refractivity (Wildman–Crippen MR) is 105 cm³/mol. The summed E-state index contributed by atoms with van der Waals surface area (Å²) in [5.74, 6) is -0.425. The molecule has 1 N–H and O–H groups in total. The van der Waals surface area contributed by atoms with Crippen molar-refractivity contribution in [1.29, 1.82) is 0 Å². The second-order valence-electron chi connectivity index (χ2n) is 6.57. The summed E-state index contributed by atoms with van der Waals surface area (Å²) >= 11 is 5.96. The first-order valence-electron chi connectivity index (χ1n) is 8.72. The Morgan fingerprint density at radius 3 is 2.15 bits per heavy atom. The van der Waals surface area contributed by atoms with Crippen molar-refractivity contribution in [1.82, 2.24) is 10.2 Å². The van der Waals surface area contributed by atoms with Gasteiger partial charge in [0.25, 0.3) is 0 Å². The molecule has 0 aliphatic carbocycles. The normalized spacial score (nSPS) is 11.9. The molecule has 4 nitrogen and oxygen atoms in total. The van der Waals surface area contributed by atoms with Gasteiger partial charge in [0.1, 0.15) is 6.04 Å². The van der Waals surface area contributed by atoms with Gasteiger partial charge in [0.2, 0.25) is 11.8 Å². The standard InChI is InChI=1S/C21H25ClN2O2/c1-15(2)21(26)24(14-17-9-11-18(22)12-10-17)19(20(25)23-3)13-16-7-5-4-6-8-16/h4-12,15,19H,13-14H2,1-3H3,(H,23,25)/t19-/m0/s1. The van der Waals surface area contributed by atoms with Gasteiger partial charge in [0, 0.05) is 31.0 Å². The van der Waals surface area contributed by atoms with E-state index in [0.29, 0.717) is 18.0 Å². The number of hydrogen-bond acceptors (Lipinski definition) is 2. The lowest BCUT2D eigenvalue weighted by Crippen LogP contribution is -2.50. The average molecular weight is 373 g/mol. The van der Waals surface area contributed by atoms with Crippen LogP contribution < -0.4 is 5.32 Å². The molecule has 0 aromatic heterocycles. The van der Waals surface area contributed by atoms with Crippen LogP contribution in [0, 0.1) is 5.92 Å². The van der Waals surface area contributed by atoms with E-state index in [1.807, 2.05) is 56.3 Å². The van der Waals surface area contributed by atoms with E-state index in [0.717, 1.165) is 11.1 Å². The number of likely N-dealkylation sites (N-methyl/N-ethyl adjacent to an activating group) is 1. The van der Waals surface area contributed by atoms with E-state index < -0.39 is 6.04 Å². The van der Waals surface area contributed by atoms with Gasteiger partial charge >= 0.3 is 0 Å². The van der Waals surface area contributed by atoms with E-state index in [1.54, 1.807) is 24.1 Å². The minimum Gasteiger partial charge on any atom is -0.357 e. The maximum absolute atomic E-state index is 12.9. The molecule has 26 heavy (non-hydrogen) atoms. The number of nitrogens with zero attached hydrogens (tertiary/aromatic N) is 1. The summed E-state index contributed by atoms with van der Waals surface area (Å²) in [6.45, 7) is 4.06. The number of halogens is 1. The summed E-state index contributed by atoms with van der Waals surface area (Å²) in [6, 6.07) is 16.5. The fourth-order valence-electron chi connectivity index (χ4n) is 2.81. The molecule has 138 valence electrons. The van der Waals surface area contributed by atoms with Crippen LogP contribution in [0.5, 0.6) is 0 Å². The summed E-state index contributed by atoms with van der Waals surface area (Å²) in [5, 5.41) is 3.34. The zero-order valence-corrected chi connectivity index (χ0v) is 16.2. The number of hydrogen-bond donors (Lipinski definition) is 1. The Balaban J connectivity index is 2.35. The fraction of sp³-hybridized carbons (Fsp3) is 0.333. The van der Waals surface area contributed by atoms with Crippen LogP contribution in [-0.2, 0) is 22.6 Å². The van der Waals surface area contributed by atoms with Crippen LogP contribution in [0.25, 0.3) is 0 Å². The highest BCUT2D eigenvalue weighted by atomic mass is 35.5. The Morgan fingerprint density at radius 2 is 1.62 bits per heavy atom. The van der Waals surface area contributed by atoms with E-state index in [-0.39, 0.29) is 17.7 Å². The van der Waals surface area contributed by atoms with Gasteiger partial charge < -0.3 is 10.2 Å². The molecule has 0 radical (unpaired) electrons. The Morgan fingerprint density at radius 1 is 1.00 bits per heavy atom. The van der Waals surface area contributed by atoms with Gasteiger partial charge in [-0.3, -0.25) is 9.59 Å². The second-order valence-corrected chi connectivity index (χ2v) is 7.00. The molecular weight excluding hydrogens is 348 g/mol. The van der Waals surface area contributed by atoms with Crippen molar-refractivity contribution in [3.05, 3.63) is 70.7 Å². The molecular formula is C21H25ClN2O2. The summed E-state index contributed by atoms with van der Waals surface area (Å²) in [5.41, 5.74) is 1.95. The molecule has 1 atom stereocenters. The number of rotatable bonds is 7. The fourth-order valence-corrected chi connectivity index (χ4v) is 2.93. The van der Waals surface area contributed by atoms with Gasteiger partial charge in [-0.2, -0.15) is 0 Å². The Hall–Kier alpha value is -2.33. The topological polar surface area (TPSA) is 49.4 Å². The van der Waals surface area contributed by atoms with Gasteiger partial charge in [-0.25, -0.2) is 0 Å². The molecule has 0 bridgehead atoms. The molecule has 0 heterocycles. The van der Waals surface area contributed by atoms with E-state index in [2.05, 4.69) is 5.32 Å². The largest absolute Gasteiger partial charge is 0.357 e. The molecule has 2 aromatic rings. The molecule has 0 aliphatic heterocycles. The molecule has 0 aliphatic rings. The minimum atomic E-state index is -0.576. The second kappa shape index (κ2) is 9.39. The summed E-state index contributed by atoms with van der Waals surface area (Å²) < 4.78 is 0. The molecule has 0 unspecified atom stereocenters. The maximum Gasteiger partial charge on any atom is 0.242 e. The summed E-state index contributed by atoms with van der Waals surface area (Å²) in [7, 11) is 1.60. The van der Waals surface area contributed by atoms with Crippen LogP contribution in [-0.4, -0.2) is 29.8 Å². The van der Waals surface area contributed by atoms with Crippen LogP contribution in [0.15, 0.2) is 54.6 Å². The average Bonchev–Trinajstić information content (AvgIpc) is 2.65. The molecule has 0 spiro atoms. The predicted octanol–water partition coefficient (Wildman–Crippen LogP) is 3.68. The first-order valence-corrected chi connectivity index (χ1v) is 9.10. The van der Waals surface area contributed by atoms with Gasteiger partial charge in [0.05, 0.1) is 0 Å². The zero-order valence-electron chi connectivity index (χ0n) is 15.4. The van der Waals surface area contributed by atoms with Crippen LogP contribution in [0.3, 0.4) is 0 Å². The number of amides is 2. The summed E-state index contributed by atoms with van der Waals surface area (Å²) in [4.78, 5) is 27.2. The number of benzene rings is 2. The van der Waals surface area contributed by atoms with E-state index in [9.17, 15) is 9.59 Å². The lowest BCUT2D eigenvalue weighted by Gasteiger charge is -2.32. The van der Waals surface area contributed by atoms with Gasteiger partial charge in [-0.1, -0.05) is 67.9 Å². The maximum atomic E-state index is 12.9. The summed E-state index contributed by atoms with van der Waals surface area (Å²) in [6.07, 6.45) is 0.465. The Kier molecular flexibility index (Phi) is 7.22. The van der Waals surface area contributed by atoms with Crippen molar-refractivity contribution in [2.24, 2.45) is 5.92 Å². The highest BCUT2D eigenvalue weighted by Gasteiger charge is 2.30. The number of nitrogens with one attached hydrogen (secondary N) is 1.